The average molecular weight is 298 g/mol. The molecule has 2 aromatic rings. The largest absolute Gasteiger partial charge is 0.368 e. The van der Waals surface area contributed by atoms with Gasteiger partial charge in [-0.3, -0.25) is 9.89 Å². The quantitative estimate of drug-likeness (QED) is 0.947. The summed E-state index contributed by atoms with van der Waals surface area (Å²) in [5.41, 5.74) is 2.75. The maximum Gasteiger partial charge on any atom is 0.274 e. The standard InChI is InChI=1S/C17H22N4O/c1-13(2)15-12-16(19-18-15)17(22)21-10-8-20(9-11-21)14-6-4-3-5-7-14/h3-7,12-13H,8-11H2,1-2H3,(H,18,19). The van der Waals surface area contributed by atoms with Crippen LogP contribution in [0.1, 0.15) is 35.9 Å². The molecule has 1 amide bonds. The molecule has 1 N–H and O–H groups in total. The molecule has 0 atom stereocenters. The van der Waals surface area contributed by atoms with Gasteiger partial charge < -0.3 is 9.80 Å². The molecule has 22 heavy (non-hydrogen) atoms. The summed E-state index contributed by atoms with van der Waals surface area (Å²) in [6.45, 7) is 7.35. The lowest BCUT2D eigenvalue weighted by molar-refractivity contribution is 0.0741. The van der Waals surface area contributed by atoms with Crippen LogP contribution in [-0.2, 0) is 0 Å². The predicted molar refractivity (Wildman–Crippen MR) is 87.2 cm³/mol. The molecule has 1 aliphatic rings. The number of carbonyl (C=O) groups excluding carboxylic acids is 1. The smallest absolute Gasteiger partial charge is 0.274 e. The van der Waals surface area contributed by atoms with Crippen molar-refractivity contribution in [1.29, 1.82) is 0 Å². The Labute approximate surface area is 130 Å². The van der Waals surface area contributed by atoms with Crippen LogP contribution in [0.2, 0.25) is 0 Å². The highest BCUT2D eigenvalue weighted by Gasteiger charge is 2.24. The Balaban J connectivity index is 1.62. The van der Waals surface area contributed by atoms with Gasteiger partial charge in [0.1, 0.15) is 5.69 Å². The number of carbonyl (C=O) groups is 1. The van der Waals surface area contributed by atoms with Crippen molar-refractivity contribution in [2.45, 2.75) is 19.8 Å². The van der Waals surface area contributed by atoms with Gasteiger partial charge in [-0.1, -0.05) is 32.0 Å². The van der Waals surface area contributed by atoms with Gasteiger partial charge in [-0.2, -0.15) is 5.10 Å². The number of aromatic amines is 1. The van der Waals surface area contributed by atoms with Crippen molar-refractivity contribution < 1.29 is 4.79 Å². The Morgan fingerprint density at radius 1 is 1.14 bits per heavy atom. The van der Waals surface area contributed by atoms with Crippen LogP contribution in [0, 0.1) is 0 Å². The van der Waals surface area contributed by atoms with E-state index >= 15 is 0 Å². The minimum atomic E-state index is 0.0239. The van der Waals surface area contributed by atoms with Gasteiger partial charge in [0.05, 0.1) is 0 Å². The summed E-state index contributed by atoms with van der Waals surface area (Å²) in [4.78, 5) is 16.7. The molecule has 1 aromatic carbocycles. The SMILES string of the molecule is CC(C)c1cc(C(=O)N2CCN(c3ccccc3)CC2)n[nH]1. The van der Waals surface area contributed by atoms with Crippen LogP contribution in [0.3, 0.4) is 0 Å². The van der Waals surface area contributed by atoms with Crippen molar-refractivity contribution in [3.8, 4) is 0 Å². The summed E-state index contributed by atoms with van der Waals surface area (Å²) in [6, 6.07) is 12.2. The van der Waals surface area contributed by atoms with Gasteiger partial charge in [0.2, 0.25) is 0 Å². The zero-order valence-corrected chi connectivity index (χ0v) is 13.1. The molecular weight excluding hydrogens is 276 g/mol. The number of hydrogen-bond donors (Lipinski definition) is 1. The van der Waals surface area contributed by atoms with E-state index in [0.29, 0.717) is 11.6 Å². The van der Waals surface area contributed by atoms with Gasteiger partial charge in [0.15, 0.2) is 0 Å². The molecule has 0 spiro atoms. The number of amides is 1. The van der Waals surface area contributed by atoms with Crippen molar-refractivity contribution in [1.82, 2.24) is 15.1 Å². The molecule has 0 aliphatic carbocycles. The highest BCUT2D eigenvalue weighted by Crippen LogP contribution is 2.17. The molecule has 0 radical (unpaired) electrons. The van der Waals surface area contributed by atoms with Crippen molar-refractivity contribution in [3.05, 3.63) is 47.8 Å². The third-order valence-electron chi connectivity index (χ3n) is 4.13. The minimum absolute atomic E-state index is 0.0239. The summed E-state index contributed by atoms with van der Waals surface area (Å²) in [7, 11) is 0. The fraction of sp³-hybridized carbons (Fsp3) is 0.412. The van der Waals surface area contributed by atoms with Crippen LogP contribution in [0.5, 0.6) is 0 Å². The number of para-hydroxylation sites is 1. The van der Waals surface area contributed by atoms with Gasteiger partial charge in [-0.15, -0.1) is 0 Å². The highest BCUT2D eigenvalue weighted by molar-refractivity contribution is 5.92. The molecule has 1 fully saturated rings. The number of benzene rings is 1. The van der Waals surface area contributed by atoms with Crippen molar-refractivity contribution in [2.24, 2.45) is 0 Å². The molecule has 0 saturated carbocycles. The lowest BCUT2D eigenvalue weighted by Crippen LogP contribution is -2.48. The summed E-state index contributed by atoms with van der Waals surface area (Å²) in [5.74, 6) is 0.375. The molecule has 5 heteroatoms. The Hall–Kier alpha value is -2.30. The van der Waals surface area contributed by atoms with Gasteiger partial charge in [-0.05, 0) is 24.1 Å². The normalized spacial score (nSPS) is 15.4. The second kappa shape index (κ2) is 6.22. The van der Waals surface area contributed by atoms with Crippen LogP contribution in [0.25, 0.3) is 0 Å². The second-order valence-corrected chi connectivity index (χ2v) is 5.98. The molecule has 116 valence electrons. The first-order valence-electron chi connectivity index (χ1n) is 7.79. The Morgan fingerprint density at radius 2 is 1.82 bits per heavy atom. The maximum absolute atomic E-state index is 12.5. The van der Waals surface area contributed by atoms with Crippen LogP contribution in [0.4, 0.5) is 5.69 Å². The number of piperazine rings is 1. The third-order valence-corrected chi connectivity index (χ3v) is 4.13. The molecule has 1 aromatic heterocycles. The van der Waals surface area contributed by atoms with Gasteiger partial charge in [-0.25, -0.2) is 0 Å². The summed E-state index contributed by atoms with van der Waals surface area (Å²) in [6.07, 6.45) is 0. The Morgan fingerprint density at radius 3 is 2.41 bits per heavy atom. The molecular formula is C17H22N4O. The lowest BCUT2D eigenvalue weighted by atomic mass is 10.1. The van der Waals surface area contributed by atoms with E-state index in [4.69, 9.17) is 0 Å². The fourth-order valence-electron chi connectivity index (χ4n) is 2.71. The van der Waals surface area contributed by atoms with E-state index in [1.807, 2.05) is 29.2 Å². The molecule has 5 nitrogen and oxygen atoms in total. The van der Waals surface area contributed by atoms with Crippen molar-refractivity contribution >= 4 is 11.6 Å². The molecule has 2 heterocycles. The Kier molecular flexibility index (Phi) is 4.13. The van der Waals surface area contributed by atoms with Crippen molar-refractivity contribution in [3.63, 3.8) is 0 Å². The van der Waals surface area contributed by atoms with Crippen LogP contribution in [0.15, 0.2) is 36.4 Å². The first-order valence-corrected chi connectivity index (χ1v) is 7.79. The first-order chi connectivity index (χ1) is 10.6. The number of rotatable bonds is 3. The average Bonchev–Trinajstić information content (AvgIpc) is 3.05. The molecule has 1 saturated heterocycles. The number of hydrogen-bond acceptors (Lipinski definition) is 3. The zero-order chi connectivity index (χ0) is 15.5. The van der Waals surface area contributed by atoms with E-state index in [1.54, 1.807) is 0 Å². The maximum atomic E-state index is 12.5. The van der Waals surface area contributed by atoms with E-state index in [0.717, 1.165) is 31.9 Å². The van der Waals surface area contributed by atoms with Gasteiger partial charge in [0.25, 0.3) is 5.91 Å². The summed E-state index contributed by atoms with van der Waals surface area (Å²) in [5, 5.41) is 7.11. The summed E-state index contributed by atoms with van der Waals surface area (Å²) < 4.78 is 0. The van der Waals surface area contributed by atoms with E-state index in [-0.39, 0.29) is 5.91 Å². The zero-order valence-electron chi connectivity index (χ0n) is 13.1. The van der Waals surface area contributed by atoms with Crippen molar-refractivity contribution in [2.75, 3.05) is 31.1 Å². The topological polar surface area (TPSA) is 52.2 Å². The fourth-order valence-corrected chi connectivity index (χ4v) is 2.71. The van der Waals surface area contributed by atoms with Gasteiger partial charge >= 0.3 is 0 Å². The second-order valence-electron chi connectivity index (χ2n) is 5.98. The van der Waals surface area contributed by atoms with E-state index in [2.05, 4.69) is 41.1 Å². The number of nitrogens with zero attached hydrogens (tertiary/aromatic N) is 3. The summed E-state index contributed by atoms with van der Waals surface area (Å²) >= 11 is 0. The van der Waals surface area contributed by atoms with Crippen LogP contribution >= 0.6 is 0 Å². The molecule has 3 rings (SSSR count). The first kappa shape index (κ1) is 14.6. The Bertz CT molecular complexity index is 627. The number of anilines is 1. The lowest BCUT2D eigenvalue weighted by Gasteiger charge is -2.35. The molecule has 1 aliphatic heterocycles. The highest BCUT2D eigenvalue weighted by atomic mass is 16.2. The minimum Gasteiger partial charge on any atom is -0.368 e. The van der Waals surface area contributed by atoms with Crippen LogP contribution < -0.4 is 4.90 Å². The van der Waals surface area contributed by atoms with E-state index < -0.39 is 0 Å². The number of nitrogens with one attached hydrogen (secondary N) is 1. The van der Waals surface area contributed by atoms with E-state index in [9.17, 15) is 4.79 Å². The third kappa shape index (κ3) is 2.98. The number of aromatic nitrogens is 2. The van der Waals surface area contributed by atoms with E-state index in [1.165, 1.54) is 5.69 Å². The predicted octanol–water partition coefficient (Wildman–Crippen LogP) is 2.50. The molecule has 0 unspecified atom stereocenters. The molecule has 0 bridgehead atoms. The van der Waals surface area contributed by atoms with Crippen LogP contribution in [-0.4, -0.2) is 47.2 Å². The van der Waals surface area contributed by atoms with Gasteiger partial charge in [0, 0.05) is 37.6 Å². The number of H-pyrrole nitrogens is 1. The monoisotopic (exact) mass is 298 g/mol.